The Bertz CT molecular complexity index is 1120. The molecule has 0 spiro atoms. The van der Waals surface area contributed by atoms with Crippen molar-refractivity contribution < 1.29 is 19.2 Å². The SMILES string of the molecule is CCCN1C(=O)C2N(N(CC)CCO)C(Cc3ncno3)=NC2(CC)N(CCc2cccc(N)c2)C1=O. The summed E-state index contributed by atoms with van der Waals surface area (Å²) in [4.78, 5) is 40.2. The molecule has 0 aliphatic carbocycles. The number of hydrazine groups is 1. The third-order valence-electron chi connectivity index (χ3n) is 6.99. The number of amidine groups is 1. The number of hydrogen-bond acceptors (Lipinski definition) is 10. The molecular formula is C25H36N8O4. The van der Waals surface area contributed by atoms with Crippen LogP contribution in [-0.4, -0.2) is 97.3 Å². The Morgan fingerprint density at radius 3 is 2.65 bits per heavy atom. The number of nitrogens with zero attached hydrogens (tertiary/aromatic N) is 7. The first-order chi connectivity index (χ1) is 17.9. The molecule has 2 unspecified atom stereocenters. The first-order valence-electron chi connectivity index (χ1n) is 12.9. The maximum Gasteiger partial charge on any atom is 0.328 e. The second-order valence-electron chi connectivity index (χ2n) is 9.21. The molecule has 1 aromatic heterocycles. The highest BCUT2D eigenvalue weighted by Crippen LogP contribution is 2.41. The predicted molar refractivity (Wildman–Crippen MR) is 137 cm³/mol. The number of aliphatic imine (C=N–C) groups is 1. The van der Waals surface area contributed by atoms with Crippen LogP contribution in [0, 0.1) is 0 Å². The van der Waals surface area contributed by atoms with Crippen molar-refractivity contribution in [3.8, 4) is 0 Å². The molecule has 12 nitrogen and oxygen atoms in total. The highest BCUT2D eigenvalue weighted by Gasteiger charge is 2.63. The van der Waals surface area contributed by atoms with Crippen molar-refractivity contribution in [2.75, 3.05) is 38.5 Å². The molecule has 3 heterocycles. The monoisotopic (exact) mass is 512 g/mol. The maximum absolute atomic E-state index is 14.0. The average Bonchev–Trinajstić information content (AvgIpc) is 3.52. The van der Waals surface area contributed by atoms with Gasteiger partial charge >= 0.3 is 6.03 Å². The molecule has 0 bridgehead atoms. The van der Waals surface area contributed by atoms with Crippen LogP contribution in [0.15, 0.2) is 40.1 Å². The number of likely N-dealkylation sites (N-methyl/N-ethyl adjacent to an activating group) is 1. The van der Waals surface area contributed by atoms with E-state index in [0.717, 1.165) is 5.56 Å². The summed E-state index contributed by atoms with van der Waals surface area (Å²) in [5.41, 5.74) is 6.50. The molecule has 3 amide bonds. The fraction of sp³-hybridized carbons (Fsp3) is 0.560. The number of fused-ring (bicyclic) bond motifs is 1. The summed E-state index contributed by atoms with van der Waals surface area (Å²) in [6.45, 7) is 7.22. The molecule has 1 fully saturated rings. The Hall–Kier alpha value is -3.51. The number of anilines is 1. The van der Waals surface area contributed by atoms with Gasteiger partial charge in [-0.1, -0.05) is 38.1 Å². The number of rotatable bonds is 12. The summed E-state index contributed by atoms with van der Waals surface area (Å²) in [7, 11) is 0. The molecule has 37 heavy (non-hydrogen) atoms. The van der Waals surface area contributed by atoms with Crippen LogP contribution in [0.2, 0.25) is 0 Å². The second-order valence-corrected chi connectivity index (χ2v) is 9.21. The molecule has 0 radical (unpaired) electrons. The maximum atomic E-state index is 14.0. The summed E-state index contributed by atoms with van der Waals surface area (Å²) < 4.78 is 5.26. The van der Waals surface area contributed by atoms with Crippen molar-refractivity contribution in [2.45, 2.75) is 58.2 Å². The van der Waals surface area contributed by atoms with Crippen LogP contribution in [-0.2, 0) is 17.6 Å². The van der Waals surface area contributed by atoms with E-state index >= 15 is 0 Å². The van der Waals surface area contributed by atoms with Crippen LogP contribution < -0.4 is 5.73 Å². The van der Waals surface area contributed by atoms with Gasteiger partial charge in [-0.2, -0.15) is 4.98 Å². The number of aliphatic hydroxyl groups is 1. The van der Waals surface area contributed by atoms with Crippen molar-refractivity contribution >= 4 is 23.5 Å². The standard InChI is InChI=1S/C25H36N8O4/c1-4-11-31-23(35)22-25(5-2,32(24(31)36)12-10-18-8-7-9-19(26)15-18)29-20(16-21-27-17-28-37-21)33(22)30(6-3)13-14-34/h7-9,15,17,22,34H,4-6,10-14,16,26H2,1-3H3. The predicted octanol–water partition coefficient (Wildman–Crippen LogP) is 1.53. The zero-order valence-corrected chi connectivity index (χ0v) is 21.7. The Morgan fingerprint density at radius 2 is 2.03 bits per heavy atom. The highest BCUT2D eigenvalue weighted by atomic mass is 16.5. The molecule has 2 aliphatic heterocycles. The fourth-order valence-corrected chi connectivity index (χ4v) is 5.31. The molecule has 4 rings (SSSR count). The van der Waals surface area contributed by atoms with Gasteiger partial charge in [-0.25, -0.2) is 14.8 Å². The molecule has 2 atom stereocenters. The Balaban J connectivity index is 1.80. The molecule has 1 saturated heterocycles. The number of carbonyl (C=O) groups is 2. The van der Waals surface area contributed by atoms with Crippen LogP contribution >= 0.6 is 0 Å². The van der Waals surface area contributed by atoms with Gasteiger partial charge in [-0.15, -0.1) is 0 Å². The number of amides is 3. The Kier molecular flexibility index (Phi) is 8.08. The highest BCUT2D eigenvalue weighted by molar-refractivity contribution is 6.05. The molecule has 2 aromatic rings. The second kappa shape index (κ2) is 11.3. The van der Waals surface area contributed by atoms with E-state index in [1.807, 2.05) is 55.1 Å². The van der Waals surface area contributed by atoms with Crippen molar-refractivity contribution in [2.24, 2.45) is 4.99 Å². The van der Waals surface area contributed by atoms with Crippen molar-refractivity contribution in [1.29, 1.82) is 0 Å². The number of hydrogen-bond donors (Lipinski definition) is 2. The van der Waals surface area contributed by atoms with Crippen molar-refractivity contribution in [1.82, 2.24) is 30.0 Å². The number of imide groups is 1. The summed E-state index contributed by atoms with van der Waals surface area (Å²) in [6.07, 6.45) is 3.13. The van der Waals surface area contributed by atoms with Crippen molar-refractivity contribution in [3.63, 3.8) is 0 Å². The zero-order chi connectivity index (χ0) is 26.6. The molecule has 0 saturated carbocycles. The first kappa shape index (κ1) is 26.6. The molecule has 1 aromatic carbocycles. The van der Waals surface area contributed by atoms with Gasteiger partial charge in [0, 0.05) is 31.9 Å². The van der Waals surface area contributed by atoms with Crippen molar-refractivity contribution in [3.05, 3.63) is 42.0 Å². The van der Waals surface area contributed by atoms with E-state index < -0.39 is 11.7 Å². The van der Waals surface area contributed by atoms with Gasteiger partial charge in [0.25, 0.3) is 5.91 Å². The van der Waals surface area contributed by atoms with Gasteiger partial charge in [-0.05, 0) is 37.0 Å². The van der Waals surface area contributed by atoms with E-state index in [4.69, 9.17) is 15.2 Å². The van der Waals surface area contributed by atoms with Crippen LogP contribution in [0.25, 0.3) is 0 Å². The van der Waals surface area contributed by atoms with Gasteiger partial charge in [0.15, 0.2) is 18.0 Å². The van der Waals surface area contributed by atoms with Crippen LogP contribution in [0.4, 0.5) is 10.5 Å². The summed E-state index contributed by atoms with van der Waals surface area (Å²) in [5.74, 6) is 0.596. The first-order valence-corrected chi connectivity index (χ1v) is 12.9. The van der Waals surface area contributed by atoms with E-state index in [2.05, 4.69) is 10.1 Å². The minimum Gasteiger partial charge on any atom is -0.399 e. The summed E-state index contributed by atoms with van der Waals surface area (Å²) >= 11 is 0. The van der Waals surface area contributed by atoms with Gasteiger partial charge < -0.3 is 15.4 Å². The molecule has 12 heteroatoms. The molecule has 2 aliphatic rings. The molecule has 3 N–H and O–H groups in total. The van der Waals surface area contributed by atoms with Gasteiger partial charge in [-0.3, -0.25) is 19.6 Å². The third kappa shape index (κ3) is 4.90. The van der Waals surface area contributed by atoms with E-state index in [1.54, 1.807) is 4.90 Å². The molecule has 200 valence electrons. The largest absolute Gasteiger partial charge is 0.399 e. The number of aliphatic hydroxyl groups excluding tert-OH is 1. The number of benzene rings is 1. The van der Waals surface area contributed by atoms with Gasteiger partial charge in [0.05, 0.1) is 13.0 Å². The molecular weight excluding hydrogens is 476 g/mol. The van der Waals surface area contributed by atoms with E-state index in [9.17, 15) is 14.7 Å². The van der Waals surface area contributed by atoms with Crippen LogP contribution in [0.1, 0.15) is 45.1 Å². The lowest BCUT2D eigenvalue weighted by molar-refractivity contribution is -0.151. The minimum atomic E-state index is -1.13. The lowest BCUT2D eigenvalue weighted by atomic mass is 9.91. The number of urea groups is 1. The van der Waals surface area contributed by atoms with E-state index in [-0.39, 0.29) is 25.0 Å². The van der Waals surface area contributed by atoms with E-state index in [0.29, 0.717) is 62.9 Å². The van der Waals surface area contributed by atoms with Gasteiger partial charge in [0.1, 0.15) is 5.84 Å². The van der Waals surface area contributed by atoms with Crippen LogP contribution in [0.3, 0.4) is 0 Å². The third-order valence-corrected chi connectivity index (χ3v) is 6.99. The quantitative estimate of drug-likeness (QED) is 0.404. The summed E-state index contributed by atoms with van der Waals surface area (Å²) in [6, 6.07) is 6.45. The smallest absolute Gasteiger partial charge is 0.328 e. The lowest BCUT2D eigenvalue weighted by Gasteiger charge is -2.51. The number of carbonyl (C=O) groups excluding carboxylic acids is 2. The van der Waals surface area contributed by atoms with Gasteiger partial charge in [0.2, 0.25) is 5.89 Å². The van der Waals surface area contributed by atoms with E-state index in [1.165, 1.54) is 11.2 Å². The average molecular weight is 513 g/mol. The minimum absolute atomic E-state index is 0.102. The Morgan fingerprint density at radius 1 is 1.22 bits per heavy atom. The Labute approximate surface area is 216 Å². The number of nitrogen functional groups attached to an aromatic ring is 1. The fourth-order valence-electron chi connectivity index (χ4n) is 5.31. The lowest BCUT2D eigenvalue weighted by Crippen LogP contribution is -2.74. The topological polar surface area (TPSA) is 145 Å². The number of aromatic nitrogens is 2. The normalized spacial score (nSPS) is 21.7. The summed E-state index contributed by atoms with van der Waals surface area (Å²) in [5, 5.41) is 17.2. The van der Waals surface area contributed by atoms with Crippen LogP contribution in [0.5, 0.6) is 0 Å². The zero-order valence-electron chi connectivity index (χ0n) is 21.7. The number of nitrogens with two attached hydrogens (primary N) is 1.